The van der Waals surface area contributed by atoms with E-state index < -0.39 is 0 Å². The Balaban J connectivity index is 0.00000107. The number of rotatable bonds is 6. The molecule has 0 bridgehead atoms. The van der Waals surface area contributed by atoms with E-state index in [4.69, 9.17) is 4.79 Å². The lowest BCUT2D eigenvalue weighted by Gasteiger charge is -2.11. The Morgan fingerprint density at radius 3 is 2.34 bits per heavy atom. The summed E-state index contributed by atoms with van der Waals surface area (Å²) in [7, 11) is 0. The molecule has 8 nitrogen and oxygen atoms in total. The summed E-state index contributed by atoms with van der Waals surface area (Å²) in [4.78, 5) is 46.1. The van der Waals surface area contributed by atoms with Gasteiger partial charge in [0.1, 0.15) is 12.1 Å². The molecule has 0 saturated heterocycles. The summed E-state index contributed by atoms with van der Waals surface area (Å²) in [5.74, 6) is 0.131. The molecule has 3 aromatic carbocycles. The fourth-order valence-corrected chi connectivity index (χ4v) is 3.89. The summed E-state index contributed by atoms with van der Waals surface area (Å²) in [5, 5.41) is 3.66. The summed E-state index contributed by atoms with van der Waals surface area (Å²) >= 11 is 0. The van der Waals surface area contributed by atoms with Crippen molar-refractivity contribution < 1.29 is 14.4 Å². The van der Waals surface area contributed by atoms with Crippen LogP contribution in [0.4, 0.5) is 5.82 Å². The zero-order valence-corrected chi connectivity index (χ0v) is 20.2. The molecule has 0 aliphatic carbocycles. The van der Waals surface area contributed by atoms with Gasteiger partial charge in [-0.3, -0.25) is 14.4 Å². The highest BCUT2D eigenvalue weighted by Gasteiger charge is 2.12. The molecule has 0 unspecified atom stereocenters. The number of hydrogen-bond acceptors (Lipinski definition) is 6. The van der Waals surface area contributed by atoms with Crippen molar-refractivity contribution in [2.75, 3.05) is 5.32 Å². The first-order valence-corrected chi connectivity index (χ1v) is 11.5. The van der Waals surface area contributed by atoms with Crippen LogP contribution in [0.25, 0.3) is 33.2 Å². The number of nitrogens with two attached hydrogens (primary N) is 1. The van der Waals surface area contributed by atoms with Crippen LogP contribution in [0.15, 0.2) is 110 Å². The normalized spacial score (nSPS) is 10.1. The van der Waals surface area contributed by atoms with Crippen LogP contribution in [0.2, 0.25) is 0 Å². The second kappa shape index (κ2) is 12.0. The Labute approximate surface area is 218 Å². The summed E-state index contributed by atoms with van der Waals surface area (Å²) in [6.07, 6.45) is 6.46. The maximum Gasteiger partial charge on any atom is 0.256 e. The zero-order valence-electron chi connectivity index (χ0n) is 20.2. The van der Waals surface area contributed by atoms with E-state index in [0.717, 1.165) is 33.2 Å². The molecular weight excluding hydrogens is 478 g/mol. The van der Waals surface area contributed by atoms with Gasteiger partial charge in [-0.2, -0.15) is 0 Å². The molecule has 2 heterocycles. The average Bonchev–Trinajstić information content (AvgIpc) is 2.97. The van der Waals surface area contributed by atoms with Crippen molar-refractivity contribution in [1.82, 2.24) is 15.0 Å². The Kier molecular flexibility index (Phi) is 8.05. The Morgan fingerprint density at radius 2 is 1.63 bits per heavy atom. The molecule has 0 atom stereocenters. The van der Waals surface area contributed by atoms with Crippen molar-refractivity contribution >= 4 is 34.8 Å². The first-order chi connectivity index (χ1) is 18.5. The third-order valence-electron chi connectivity index (χ3n) is 5.64. The lowest BCUT2D eigenvalue weighted by atomic mass is 9.94. The van der Waals surface area contributed by atoms with Crippen LogP contribution >= 0.6 is 0 Å². The molecule has 38 heavy (non-hydrogen) atoms. The molecule has 5 aromatic rings. The predicted molar refractivity (Wildman–Crippen MR) is 147 cm³/mol. The van der Waals surface area contributed by atoms with Gasteiger partial charge in [0, 0.05) is 34.5 Å². The fraction of sp³-hybridized carbons (Fsp3) is 0. The van der Waals surface area contributed by atoms with Gasteiger partial charge in [-0.05, 0) is 65.2 Å². The van der Waals surface area contributed by atoms with Crippen LogP contribution in [-0.2, 0) is 4.79 Å². The maximum absolute atomic E-state index is 12.6. The number of hydrogen-bond donors (Lipinski definition) is 2. The number of amides is 2. The van der Waals surface area contributed by atoms with Crippen LogP contribution in [0, 0.1) is 0 Å². The Morgan fingerprint density at radius 1 is 0.842 bits per heavy atom. The number of carbonyl (C=O) groups is 3. The SMILES string of the molecule is C=CC(=O)c1cccc(-c2cc(-c3ccc(C(=O)Nc4ccccn4)cc3)cc3cncnc23)c1.NC=O. The van der Waals surface area contributed by atoms with Crippen LogP contribution in [-0.4, -0.2) is 33.1 Å². The number of pyridine rings is 1. The second-order valence-corrected chi connectivity index (χ2v) is 8.02. The Hall–Kier alpha value is -5.50. The molecular formula is C30H23N5O3. The number of primary amides is 1. The van der Waals surface area contributed by atoms with E-state index in [1.54, 1.807) is 42.7 Å². The highest BCUT2D eigenvalue weighted by molar-refractivity contribution is 6.06. The van der Waals surface area contributed by atoms with Gasteiger partial charge in [0.25, 0.3) is 5.91 Å². The molecule has 0 fully saturated rings. The highest BCUT2D eigenvalue weighted by Crippen LogP contribution is 2.33. The third-order valence-corrected chi connectivity index (χ3v) is 5.64. The molecule has 0 radical (unpaired) electrons. The molecule has 2 amide bonds. The number of benzene rings is 3. The predicted octanol–water partition coefficient (Wildman–Crippen LogP) is 5.08. The van der Waals surface area contributed by atoms with Crippen LogP contribution < -0.4 is 11.1 Å². The van der Waals surface area contributed by atoms with Gasteiger partial charge < -0.3 is 11.1 Å². The molecule has 0 aliphatic heterocycles. The minimum atomic E-state index is -0.230. The Bertz CT molecular complexity index is 1620. The minimum absolute atomic E-state index is 0.137. The summed E-state index contributed by atoms with van der Waals surface area (Å²) in [5.41, 5.74) is 9.68. The van der Waals surface area contributed by atoms with E-state index in [9.17, 15) is 9.59 Å². The topological polar surface area (TPSA) is 128 Å². The van der Waals surface area contributed by atoms with E-state index in [2.05, 4.69) is 32.6 Å². The molecule has 0 spiro atoms. The summed E-state index contributed by atoms with van der Waals surface area (Å²) in [6, 6.07) is 24.2. The van der Waals surface area contributed by atoms with Crippen molar-refractivity contribution in [3.05, 3.63) is 121 Å². The number of allylic oxidation sites excluding steroid dienone is 1. The van der Waals surface area contributed by atoms with Gasteiger partial charge in [0.05, 0.1) is 5.52 Å². The van der Waals surface area contributed by atoms with Crippen molar-refractivity contribution in [2.24, 2.45) is 5.73 Å². The molecule has 5 rings (SSSR count). The number of nitrogens with zero attached hydrogens (tertiary/aromatic N) is 3. The highest BCUT2D eigenvalue weighted by atomic mass is 16.1. The largest absolute Gasteiger partial charge is 0.372 e. The van der Waals surface area contributed by atoms with Gasteiger partial charge in [0.15, 0.2) is 5.78 Å². The van der Waals surface area contributed by atoms with Crippen LogP contribution in [0.5, 0.6) is 0 Å². The fourth-order valence-electron chi connectivity index (χ4n) is 3.89. The molecule has 0 aliphatic rings. The minimum Gasteiger partial charge on any atom is -0.372 e. The first-order valence-electron chi connectivity index (χ1n) is 11.5. The molecule has 0 saturated carbocycles. The number of carbonyl (C=O) groups excluding carboxylic acids is 3. The van der Waals surface area contributed by atoms with Gasteiger partial charge in [-0.15, -0.1) is 0 Å². The van der Waals surface area contributed by atoms with Crippen molar-refractivity contribution in [1.29, 1.82) is 0 Å². The van der Waals surface area contributed by atoms with E-state index in [0.29, 0.717) is 16.9 Å². The lowest BCUT2D eigenvalue weighted by molar-refractivity contribution is -0.106. The number of fused-ring (bicyclic) bond motifs is 1. The maximum atomic E-state index is 12.6. The second-order valence-electron chi connectivity index (χ2n) is 8.02. The molecule has 3 N–H and O–H groups in total. The molecule has 8 heteroatoms. The van der Waals surface area contributed by atoms with E-state index in [1.165, 1.54) is 12.4 Å². The standard InChI is InChI=1S/C29H20N4O2.CH3NO/c1-2-26(34)22-7-5-6-21(14-22)25-16-23(15-24-17-30-18-32-28(24)25)19-9-11-20(12-10-19)29(35)33-27-8-3-4-13-31-27;2-1-3/h2-18H,1H2,(H,31,33,35);1H,(H2,2,3). The van der Waals surface area contributed by atoms with E-state index in [1.807, 2.05) is 48.5 Å². The first kappa shape index (κ1) is 25.6. The number of ketones is 1. The van der Waals surface area contributed by atoms with Crippen LogP contribution in [0.3, 0.4) is 0 Å². The van der Waals surface area contributed by atoms with Gasteiger partial charge in [-0.25, -0.2) is 15.0 Å². The van der Waals surface area contributed by atoms with E-state index >= 15 is 0 Å². The lowest BCUT2D eigenvalue weighted by Crippen LogP contribution is -2.12. The van der Waals surface area contributed by atoms with Crippen molar-refractivity contribution in [3.8, 4) is 22.3 Å². The van der Waals surface area contributed by atoms with Crippen molar-refractivity contribution in [3.63, 3.8) is 0 Å². The van der Waals surface area contributed by atoms with Gasteiger partial charge in [-0.1, -0.05) is 43.0 Å². The van der Waals surface area contributed by atoms with Gasteiger partial charge in [0.2, 0.25) is 6.41 Å². The molecule has 186 valence electrons. The molecule has 2 aromatic heterocycles. The zero-order chi connectivity index (χ0) is 26.9. The summed E-state index contributed by atoms with van der Waals surface area (Å²) < 4.78 is 0. The number of aromatic nitrogens is 3. The smallest absolute Gasteiger partial charge is 0.256 e. The third kappa shape index (κ3) is 5.83. The van der Waals surface area contributed by atoms with Crippen LogP contribution in [0.1, 0.15) is 20.7 Å². The van der Waals surface area contributed by atoms with Crippen molar-refractivity contribution in [2.45, 2.75) is 0 Å². The number of anilines is 1. The monoisotopic (exact) mass is 501 g/mol. The van der Waals surface area contributed by atoms with Gasteiger partial charge >= 0.3 is 0 Å². The summed E-state index contributed by atoms with van der Waals surface area (Å²) in [6.45, 7) is 3.58. The number of nitrogens with one attached hydrogen (secondary N) is 1. The average molecular weight is 502 g/mol. The van der Waals surface area contributed by atoms with E-state index in [-0.39, 0.29) is 18.1 Å². The quantitative estimate of drug-likeness (QED) is 0.190.